The third-order valence-corrected chi connectivity index (χ3v) is 4.01. The van der Waals surface area contributed by atoms with Crippen molar-refractivity contribution in [2.75, 3.05) is 13.2 Å². The second-order valence-corrected chi connectivity index (χ2v) is 5.83. The van der Waals surface area contributed by atoms with Crippen LogP contribution in [-0.2, 0) is 6.54 Å². The molecule has 0 spiro atoms. The Bertz CT molecular complexity index is 407. The molecule has 0 heterocycles. The van der Waals surface area contributed by atoms with Crippen molar-refractivity contribution in [3.05, 3.63) is 42.5 Å². The lowest BCUT2D eigenvalue weighted by Gasteiger charge is -2.24. The van der Waals surface area contributed by atoms with Crippen LogP contribution >= 0.6 is 0 Å². The van der Waals surface area contributed by atoms with Crippen LogP contribution in [0.15, 0.2) is 36.9 Å². The summed E-state index contributed by atoms with van der Waals surface area (Å²) in [5.74, 6) is 0.964. The summed E-state index contributed by atoms with van der Waals surface area (Å²) in [6.07, 6.45) is 7.27. The number of ether oxygens (including phenoxy) is 1. The van der Waals surface area contributed by atoms with Crippen LogP contribution in [0, 0.1) is 5.41 Å². The molecule has 0 atom stereocenters. The van der Waals surface area contributed by atoms with Crippen molar-refractivity contribution in [1.29, 1.82) is 0 Å². The van der Waals surface area contributed by atoms with E-state index in [0.717, 1.165) is 18.8 Å². The highest BCUT2D eigenvalue weighted by molar-refractivity contribution is 5.33. The molecule has 1 aliphatic carbocycles. The van der Waals surface area contributed by atoms with E-state index >= 15 is 0 Å². The molecule has 2 rings (SSSR count). The highest BCUT2D eigenvalue weighted by atomic mass is 16.5. The molecule has 0 saturated heterocycles. The molecule has 2 heteroatoms. The quantitative estimate of drug-likeness (QED) is 0.749. The van der Waals surface area contributed by atoms with E-state index in [1.54, 1.807) is 6.08 Å². The molecule has 2 nitrogen and oxygen atoms in total. The largest absolute Gasteiger partial charge is 0.489 e. The van der Waals surface area contributed by atoms with Crippen LogP contribution < -0.4 is 10.1 Å². The summed E-state index contributed by atoms with van der Waals surface area (Å²) in [7, 11) is 0. The van der Waals surface area contributed by atoms with E-state index < -0.39 is 0 Å². The first-order valence-electron chi connectivity index (χ1n) is 7.26. The van der Waals surface area contributed by atoms with Gasteiger partial charge in [0.25, 0.3) is 0 Å². The lowest BCUT2D eigenvalue weighted by Crippen LogP contribution is -2.29. The van der Waals surface area contributed by atoms with Gasteiger partial charge in [-0.25, -0.2) is 0 Å². The summed E-state index contributed by atoms with van der Waals surface area (Å²) >= 11 is 0. The number of nitrogens with one attached hydrogen (secondary N) is 1. The standard InChI is InChI=1S/C17H25NO/c1-3-12-19-16-9-5-4-8-15(16)13-18-14-17(2)10-6-7-11-17/h3-5,8-9,18H,1,6-7,10-14H2,2H3. The topological polar surface area (TPSA) is 21.3 Å². The molecule has 1 N–H and O–H groups in total. The highest BCUT2D eigenvalue weighted by Crippen LogP contribution is 2.36. The van der Waals surface area contributed by atoms with Gasteiger partial charge in [-0.3, -0.25) is 0 Å². The van der Waals surface area contributed by atoms with Gasteiger partial charge >= 0.3 is 0 Å². The zero-order chi connectivity index (χ0) is 13.6. The Kier molecular flexibility index (Phi) is 5.03. The summed E-state index contributed by atoms with van der Waals surface area (Å²) in [6.45, 7) is 8.63. The number of rotatable bonds is 7. The number of para-hydroxylation sites is 1. The minimum absolute atomic E-state index is 0.497. The maximum Gasteiger partial charge on any atom is 0.124 e. The van der Waals surface area contributed by atoms with Gasteiger partial charge in [0, 0.05) is 18.7 Å². The fraction of sp³-hybridized carbons (Fsp3) is 0.529. The summed E-state index contributed by atoms with van der Waals surface area (Å²) < 4.78 is 5.68. The van der Waals surface area contributed by atoms with Crippen LogP contribution in [-0.4, -0.2) is 13.2 Å². The van der Waals surface area contributed by atoms with Gasteiger partial charge in [0.1, 0.15) is 12.4 Å². The van der Waals surface area contributed by atoms with Gasteiger partial charge in [-0.05, 0) is 24.3 Å². The first kappa shape index (κ1) is 14.1. The van der Waals surface area contributed by atoms with E-state index in [9.17, 15) is 0 Å². The van der Waals surface area contributed by atoms with Crippen molar-refractivity contribution in [2.24, 2.45) is 5.41 Å². The summed E-state index contributed by atoms with van der Waals surface area (Å²) in [6, 6.07) is 8.23. The lowest BCUT2D eigenvalue weighted by atomic mass is 9.89. The van der Waals surface area contributed by atoms with Gasteiger partial charge < -0.3 is 10.1 Å². The molecule has 1 aromatic rings. The molecular weight excluding hydrogens is 234 g/mol. The van der Waals surface area contributed by atoms with E-state index in [2.05, 4.69) is 31.0 Å². The first-order chi connectivity index (χ1) is 9.23. The Labute approximate surface area is 116 Å². The zero-order valence-corrected chi connectivity index (χ0v) is 12.0. The molecule has 0 amide bonds. The smallest absolute Gasteiger partial charge is 0.124 e. The van der Waals surface area contributed by atoms with Crippen molar-refractivity contribution in [1.82, 2.24) is 5.32 Å². The average Bonchev–Trinajstić information content (AvgIpc) is 2.85. The van der Waals surface area contributed by atoms with Crippen LogP contribution in [0.4, 0.5) is 0 Å². The Morgan fingerprint density at radius 2 is 2.05 bits per heavy atom. The van der Waals surface area contributed by atoms with Crippen LogP contribution in [0.2, 0.25) is 0 Å². The van der Waals surface area contributed by atoms with Gasteiger partial charge in [0.05, 0.1) is 0 Å². The fourth-order valence-corrected chi connectivity index (χ4v) is 2.84. The molecule has 0 aliphatic heterocycles. The molecule has 104 valence electrons. The van der Waals surface area contributed by atoms with Crippen molar-refractivity contribution >= 4 is 0 Å². The van der Waals surface area contributed by atoms with Gasteiger partial charge in [-0.15, -0.1) is 0 Å². The van der Waals surface area contributed by atoms with Crippen LogP contribution in [0.3, 0.4) is 0 Å². The minimum atomic E-state index is 0.497. The summed E-state index contributed by atoms with van der Waals surface area (Å²) in [5.41, 5.74) is 1.72. The third kappa shape index (κ3) is 4.10. The molecular formula is C17H25NO. The molecule has 1 aromatic carbocycles. The molecule has 0 aromatic heterocycles. The van der Waals surface area contributed by atoms with Crippen molar-refractivity contribution in [3.8, 4) is 5.75 Å². The Morgan fingerprint density at radius 1 is 1.32 bits per heavy atom. The van der Waals surface area contributed by atoms with E-state index in [1.165, 1.54) is 31.2 Å². The summed E-state index contributed by atoms with van der Waals surface area (Å²) in [5, 5.41) is 3.60. The van der Waals surface area contributed by atoms with Gasteiger partial charge in [0.15, 0.2) is 0 Å². The molecule has 19 heavy (non-hydrogen) atoms. The van der Waals surface area contributed by atoms with Crippen LogP contribution in [0.1, 0.15) is 38.2 Å². The average molecular weight is 259 g/mol. The minimum Gasteiger partial charge on any atom is -0.489 e. The summed E-state index contributed by atoms with van der Waals surface area (Å²) in [4.78, 5) is 0. The van der Waals surface area contributed by atoms with Gasteiger partial charge in [-0.1, -0.05) is 50.6 Å². The zero-order valence-electron chi connectivity index (χ0n) is 12.0. The highest BCUT2D eigenvalue weighted by Gasteiger charge is 2.27. The second-order valence-electron chi connectivity index (χ2n) is 5.83. The number of hydrogen-bond donors (Lipinski definition) is 1. The first-order valence-corrected chi connectivity index (χ1v) is 7.26. The van der Waals surface area contributed by atoms with Crippen LogP contribution in [0.25, 0.3) is 0 Å². The molecule has 0 radical (unpaired) electrons. The van der Waals surface area contributed by atoms with E-state index in [1.807, 2.05) is 12.1 Å². The Hall–Kier alpha value is -1.28. The predicted octanol–water partition coefficient (Wildman–Crippen LogP) is 3.92. The SMILES string of the molecule is C=CCOc1ccccc1CNCC1(C)CCCC1. The van der Waals surface area contributed by atoms with Crippen LogP contribution in [0.5, 0.6) is 5.75 Å². The van der Waals surface area contributed by atoms with Gasteiger partial charge in [-0.2, -0.15) is 0 Å². The van der Waals surface area contributed by atoms with E-state index in [-0.39, 0.29) is 0 Å². The maximum atomic E-state index is 5.68. The molecule has 1 fully saturated rings. The fourth-order valence-electron chi connectivity index (χ4n) is 2.84. The predicted molar refractivity (Wildman–Crippen MR) is 80.4 cm³/mol. The molecule has 1 saturated carbocycles. The normalized spacial score (nSPS) is 17.3. The molecule has 1 aliphatic rings. The maximum absolute atomic E-state index is 5.68. The molecule has 0 unspecified atom stereocenters. The number of hydrogen-bond acceptors (Lipinski definition) is 2. The monoisotopic (exact) mass is 259 g/mol. The number of benzene rings is 1. The van der Waals surface area contributed by atoms with Gasteiger partial charge in [0.2, 0.25) is 0 Å². The van der Waals surface area contributed by atoms with E-state index in [4.69, 9.17) is 4.74 Å². The Morgan fingerprint density at radius 3 is 2.79 bits per heavy atom. The second kappa shape index (κ2) is 6.76. The lowest BCUT2D eigenvalue weighted by molar-refractivity contribution is 0.311. The van der Waals surface area contributed by atoms with Crippen molar-refractivity contribution in [3.63, 3.8) is 0 Å². The van der Waals surface area contributed by atoms with Crippen molar-refractivity contribution < 1.29 is 4.74 Å². The van der Waals surface area contributed by atoms with Crippen molar-refractivity contribution in [2.45, 2.75) is 39.2 Å². The van der Waals surface area contributed by atoms with E-state index in [0.29, 0.717) is 12.0 Å². The molecule has 0 bridgehead atoms. The Balaban J connectivity index is 1.86. The third-order valence-electron chi connectivity index (χ3n) is 4.01.